The molecule has 0 amide bonds. The molecule has 3 aromatic rings. The molecule has 1 aromatic heterocycles. The molecule has 2 aromatic carbocycles. The number of carbonyl (C=O) groups excluding carboxylic acids is 1. The zero-order valence-electron chi connectivity index (χ0n) is 12.9. The Balaban J connectivity index is 1.84. The van der Waals surface area contributed by atoms with Crippen LogP contribution in [-0.4, -0.2) is 16.5 Å². The number of halogens is 2. The number of carbonyl (C=O) groups is 1. The fourth-order valence-electron chi connectivity index (χ4n) is 2.24. The topological polar surface area (TPSA) is 52.1 Å². The average molecular weight is 416 g/mol. The molecule has 0 unspecified atom stereocenters. The van der Waals surface area contributed by atoms with Gasteiger partial charge < -0.3 is 4.74 Å². The molecule has 0 aliphatic rings. The summed E-state index contributed by atoms with van der Waals surface area (Å²) in [5, 5.41) is 8.45. The van der Waals surface area contributed by atoms with Crippen LogP contribution in [0.5, 0.6) is 11.6 Å². The summed E-state index contributed by atoms with van der Waals surface area (Å²) in [6, 6.07) is 18.2. The molecular weight excluding hydrogens is 404 g/mol. The minimum Gasteiger partial charge on any atom is -0.438 e. The second-order valence-electron chi connectivity index (χ2n) is 5.04. The highest BCUT2D eigenvalue weighted by Gasteiger charge is 2.06. The van der Waals surface area contributed by atoms with Gasteiger partial charge in [0, 0.05) is 11.1 Å². The largest absolute Gasteiger partial charge is 0.438 e. The van der Waals surface area contributed by atoms with Crippen molar-refractivity contribution < 1.29 is 9.53 Å². The smallest absolute Gasteiger partial charge is 0.238 e. The van der Waals surface area contributed by atoms with Gasteiger partial charge in [0.1, 0.15) is 16.6 Å². The quantitative estimate of drug-likeness (QED) is 0.418. The van der Waals surface area contributed by atoms with Gasteiger partial charge in [-0.3, -0.25) is 4.79 Å². The third-order valence-corrected chi connectivity index (χ3v) is 4.06. The molecule has 0 spiro atoms. The molecule has 0 aliphatic heterocycles. The van der Waals surface area contributed by atoms with Crippen molar-refractivity contribution in [3.8, 4) is 11.6 Å². The molecule has 1 heterocycles. The highest BCUT2D eigenvalue weighted by atomic mass is 79.9. The Kier molecular flexibility index (Phi) is 5.58. The van der Waals surface area contributed by atoms with E-state index in [0.29, 0.717) is 21.3 Å². The summed E-state index contributed by atoms with van der Waals surface area (Å²) >= 11 is 9.15. The number of hydrogen-bond donors (Lipinski definition) is 0. The maximum absolute atomic E-state index is 11.0. The molecule has 0 aliphatic carbocycles. The highest BCUT2D eigenvalue weighted by Crippen LogP contribution is 2.27. The van der Waals surface area contributed by atoms with Crippen molar-refractivity contribution in [2.45, 2.75) is 0 Å². The third kappa shape index (κ3) is 4.53. The third-order valence-electron chi connectivity index (χ3n) is 3.39. The fourth-order valence-corrected chi connectivity index (χ4v) is 2.58. The zero-order chi connectivity index (χ0) is 17.6. The van der Waals surface area contributed by atoms with Crippen molar-refractivity contribution in [1.82, 2.24) is 10.2 Å². The first-order valence-electron chi connectivity index (χ1n) is 7.34. The standard InChI is InChI=1S/C19H12BrClN2O2/c20-18-9-10-19(23-22-18)25-16-7-3-14(4-8-16)17(11-12-24)13-1-5-15(21)6-2-13/h1-12H/b17-11-. The van der Waals surface area contributed by atoms with Gasteiger partial charge in [0.25, 0.3) is 0 Å². The molecule has 3 rings (SSSR count). The van der Waals surface area contributed by atoms with Gasteiger partial charge in [-0.15, -0.1) is 10.2 Å². The normalized spacial score (nSPS) is 11.2. The van der Waals surface area contributed by atoms with E-state index in [-0.39, 0.29) is 0 Å². The van der Waals surface area contributed by atoms with Gasteiger partial charge >= 0.3 is 0 Å². The highest BCUT2D eigenvalue weighted by molar-refractivity contribution is 9.10. The first-order valence-corrected chi connectivity index (χ1v) is 8.52. The van der Waals surface area contributed by atoms with Crippen molar-refractivity contribution in [2.75, 3.05) is 0 Å². The van der Waals surface area contributed by atoms with Crippen LogP contribution >= 0.6 is 27.5 Å². The molecule has 0 fully saturated rings. The molecule has 6 heteroatoms. The van der Waals surface area contributed by atoms with Gasteiger partial charge in [-0.25, -0.2) is 0 Å². The molecule has 0 radical (unpaired) electrons. The molecular formula is C19H12BrClN2O2. The molecule has 0 bridgehead atoms. The summed E-state index contributed by atoms with van der Waals surface area (Å²) in [4.78, 5) is 11.0. The first-order chi connectivity index (χ1) is 12.2. The maximum atomic E-state index is 11.0. The molecule has 124 valence electrons. The van der Waals surface area contributed by atoms with Gasteiger partial charge in [0.05, 0.1) is 0 Å². The number of ether oxygens (including phenoxy) is 1. The van der Waals surface area contributed by atoms with Crippen LogP contribution in [0.15, 0.2) is 71.3 Å². The van der Waals surface area contributed by atoms with Crippen molar-refractivity contribution in [2.24, 2.45) is 0 Å². The Labute approximate surface area is 158 Å². The average Bonchev–Trinajstić information content (AvgIpc) is 2.63. The summed E-state index contributed by atoms with van der Waals surface area (Å²) in [6.45, 7) is 0. The van der Waals surface area contributed by atoms with Crippen LogP contribution in [0.25, 0.3) is 5.57 Å². The van der Waals surface area contributed by atoms with E-state index >= 15 is 0 Å². The lowest BCUT2D eigenvalue weighted by atomic mass is 9.98. The summed E-state index contributed by atoms with van der Waals surface area (Å²) in [6.07, 6.45) is 2.30. The molecule has 0 N–H and O–H groups in total. The number of aromatic nitrogens is 2. The van der Waals surface area contributed by atoms with Gasteiger partial charge in [-0.1, -0.05) is 35.9 Å². The number of benzene rings is 2. The van der Waals surface area contributed by atoms with Crippen LogP contribution in [0.1, 0.15) is 11.1 Å². The van der Waals surface area contributed by atoms with E-state index < -0.39 is 0 Å². The van der Waals surface area contributed by atoms with Gasteiger partial charge in [-0.2, -0.15) is 0 Å². The van der Waals surface area contributed by atoms with Crippen molar-refractivity contribution in [1.29, 1.82) is 0 Å². The van der Waals surface area contributed by atoms with Crippen LogP contribution in [-0.2, 0) is 4.79 Å². The summed E-state index contributed by atoms with van der Waals surface area (Å²) < 4.78 is 6.29. The lowest BCUT2D eigenvalue weighted by Crippen LogP contribution is -1.92. The van der Waals surface area contributed by atoms with Gasteiger partial charge in [-0.05, 0) is 69.0 Å². The number of aldehydes is 1. The van der Waals surface area contributed by atoms with Gasteiger partial charge in [0.15, 0.2) is 0 Å². The number of nitrogens with zero attached hydrogens (tertiary/aromatic N) is 2. The van der Waals surface area contributed by atoms with Crippen molar-refractivity contribution in [3.63, 3.8) is 0 Å². The Hall–Kier alpha value is -2.50. The lowest BCUT2D eigenvalue weighted by molar-refractivity contribution is -0.104. The van der Waals surface area contributed by atoms with Gasteiger partial charge in [0.2, 0.25) is 5.88 Å². The summed E-state index contributed by atoms with van der Waals surface area (Å²) in [5.74, 6) is 1.03. The first kappa shape index (κ1) is 17.3. The summed E-state index contributed by atoms with van der Waals surface area (Å²) in [5.41, 5.74) is 2.61. The number of rotatable bonds is 5. The van der Waals surface area contributed by atoms with Crippen molar-refractivity contribution in [3.05, 3.63) is 87.5 Å². The predicted molar refractivity (Wildman–Crippen MR) is 101 cm³/mol. The molecule has 0 saturated carbocycles. The van der Waals surface area contributed by atoms with Crippen molar-refractivity contribution >= 4 is 39.4 Å². The molecule has 0 saturated heterocycles. The summed E-state index contributed by atoms with van der Waals surface area (Å²) in [7, 11) is 0. The molecule has 0 atom stereocenters. The Morgan fingerprint density at radius 1 is 0.920 bits per heavy atom. The van der Waals surface area contributed by atoms with E-state index in [1.54, 1.807) is 24.3 Å². The van der Waals surface area contributed by atoms with Crippen LogP contribution in [0.4, 0.5) is 0 Å². The SMILES string of the molecule is O=C/C=C(/c1ccc(Cl)cc1)c1ccc(Oc2ccc(Br)nn2)cc1. The van der Waals surface area contributed by atoms with E-state index in [0.717, 1.165) is 23.0 Å². The monoisotopic (exact) mass is 414 g/mol. The lowest BCUT2D eigenvalue weighted by Gasteiger charge is -2.09. The van der Waals surface area contributed by atoms with Crippen LogP contribution in [0, 0.1) is 0 Å². The van der Waals surface area contributed by atoms with Crippen LogP contribution in [0.3, 0.4) is 0 Å². The van der Waals surface area contributed by atoms with E-state index in [1.165, 1.54) is 6.08 Å². The van der Waals surface area contributed by atoms with E-state index in [4.69, 9.17) is 16.3 Å². The number of hydrogen-bond acceptors (Lipinski definition) is 4. The fraction of sp³-hybridized carbons (Fsp3) is 0. The number of allylic oxidation sites excluding steroid dienone is 1. The Morgan fingerprint density at radius 2 is 1.56 bits per heavy atom. The van der Waals surface area contributed by atoms with Crippen LogP contribution < -0.4 is 4.74 Å². The van der Waals surface area contributed by atoms with E-state index in [9.17, 15) is 4.79 Å². The van der Waals surface area contributed by atoms with Crippen LogP contribution in [0.2, 0.25) is 5.02 Å². The molecule has 4 nitrogen and oxygen atoms in total. The predicted octanol–water partition coefficient (Wildman–Crippen LogP) is 5.32. The zero-order valence-corrected chi connectivity index (χ0v) is 15.2. The minimum absolute atomic E-state index is 0.400. The Morgan fingerprint density at radius 3 is 2.12 bits per heavy atom. The second kappa shape index (κ2) is 8.05. The second-order valence-corrected chi connectivity index (χ2v) is 6.29. The Bertz CT molecular complexity index is 892. The van der Waals surface area contributed by atoms with E-state index in [2.05, 4.69) is 26.1 Å². The molecule has 25 heavy (non-hydrogen) atoms. The minimum atomic E-state index is 0.400. The maximum Gasteiger partial charge on any atom is 0.238 e. The van der Waals surface area contributed by atoms with E-state index in [1.807, 2.05) is 36.4 Å².